The molecule has 28 heavy (non-hydrogen) atoms. The molecule has 1 aromatic carbocycles. The second-order valence-corrected chi connectivity index (χ2v) is 8.09. The summed E-state index contributed by atoms with van der Waals surface area (Å²) < 4.78 is 10.8. The minimum Gasteiger partial charge on any atom is -0.454 e. The fraction of sp³-hybridized carbons (Fsp3) is 0.550. The van der Waals surface area contributed by atoms with E-state index < -0.39 is 10.8 Å². The number of thioether (sulfide) groups is 1. The predicted octanol–water partition coefficient (Wildman–Crippen LogP) is 2.72. The summed E-state index contributed by atoms with van der Waals surface area (Å²) in [5.41, 5.74) is 0.883. The summed E-state index contributed by atoms with van der Waals surface area (Å²) >= 11 is 1.28. The molecule has 1 fully saturated rings. The van der Waals surface area contributed by atoms with Crippen molar-refractivity contribution < 1.29 is 19.1 Å². The van der Waals surface area contributed by atoms with Gasteiger partial charge in [-0.1, -0.05) is 19.9 Å². The third-order valence-electron chi connectivity index (χ3n) is 4.92. The summed E-state index contributed by atoms with van der Waals surface area (Å²) in [7, 11) is 3.39. The molecule has 0 aliphatic carbocycles. The van der Waals surface area contributed by atoms with E-state index in [4.69, 9.17) is 9.47 Å². The molecular weight excluding hydrogens is 378 g/mol. The summed E-state index contributed by atoms with van der Waals surface area (Å²) in [5, 5.41) is 12.1. The van der Waals surface area contributed by atoms with Crippen molar-refractivity contribution in [3.05, 3.63) is 23.8 Å². The van der Waals surface area contributed by atoms with Gasteiger partial charge in [0.15, 0.2) is 11.5 Å². The molecule has 0 aromatic heterocycles. The molecule has 0 radical (unpaired) electrons. The average Bonchev–Trinajstić information content (AvgIpc) is 3.31. The molecular formula is C20H27N3O4S. The number of amides is 1. The Morgan fingerprint density at radius 1 is 1.43 bits per heavy atom. The van der Waals surface area contributed by atoms with Crippen molar-refractivity contribution >= 4 is 24.0 Å². The highest BCUT2D eigenvalue weighted by Crippen LogP contribution is 2.52. The molecule has 152 valence electrons. The second-order valence-electron chi connectivity index (χ2n) is 6.43. The topological polar surface area (TPSA) is 91.7 Å². The van der Waals surface area contributed by atoms with E-state index in [1.807, 2.05) is 44.0 Å². The van der Waals surface area contributed by atoms with Gasteiger partial charge in [0.05, 0.1) is 23.3 Å². The van der Waals surface area contributed by atoms with E-state index in [1.165, 1.54) is 11.8 Å². The number of hydrogen-bond acceptors (Lipinski definition) is 7. The first kappa shape index (κ1) is 22.1. The van der Waals surface area contributed by atoms with Gasteiger partial charge in [-0.25, -0.2) is 0 Å². The number of hydrogen-bond donors (Lipinski definition) is 1. The standard InChI is InChI=1S/C18H21N3O4S.C2H6/c1-11(9-22)26-18(17(23)20-2)7-13(8-19)16(21(18)3)12-4-5-14-15(6-12)25-10-24-14;1-2/h4-6,9,11,13,16H,7,10H2,1-3H3,(H,20,23);1-2H3. The van der Waals surface area contributed by atoms with Crippen LogP contribution in [0.2, 0.25) is 0 Å². The third-order valence-corrected chi connectivity index (χ3v) is 6.44. The SMILES string of the molecule is CC.CNC(=O)C1(SC(C)C=O)CC(C#N)C(c2ccc3c(c2)OCO3)N1C. The molecule has 2 aliphatic rings. The van der Waals surface area contributed by atoms with Crippen molar-refractivity contribution in [3.63, 3.8) is 0 Å². The van der Waals surface area contributed by atoms with Gasteiger partial charge >= 0.3 is 0 Å². The number of benzene rings is 1. The molecule has 1 N–H and O–H groups in total. The van der Waals surface area contributed by atoms with E-state index in [9.17, 15) is 14.9 Å². The maximum absolute atomic E-state index is 12.8. The number of nitriles is 1. The van der Waals surface area contributed by atoms with Gasteiger partial charge in [0, 0.05) is 13.5 Å². The molecule has 7 nitrogen and oxygen atoms in total. The summed E-state index contributed by atoms with van der Waals surface area (Å²) in [4.78, 5) is 24.9. The lowest BCUT2D eigenvalue weighted by Gasteiger charge is -2.37. The third kappa shape index (κ3) is 3.82. The van der Waals surface area contributed by atoms with E-state index in [0.717, 1.165) is 11.8 Å². The van der Waals surface area contributed by atoms with Gasteiger partial charge in [0.25, 0.3) is 5.91 Å². The van der Waals surface area contributed by atoms with Crippen LogP contribution in [0.5, 0.6) is 11.5 Å². The van der Waals surface area contributed by atoms with Gasteiger partial charge in [-0.2, -0.15) is 5.26 Å². The molecule has 4 atom stereocenters. The van der Waals surface area contributed by atoms with Gasteiger partial charge in [-0.3, -0.25) is 9.69 Å². The molecule has 2 heterocycles. The number of aldehydes is 1. The van der Waals surface area contributed by atoms with Crippen LogP contribution in [-0.2, 0) is 9.59 Å². The molecule has 2 aliphatic heterocycles. The number of likely N-dealkylation sites (N-methyl/N-ethyl adjacent to an activating group) is 2. The Hall–Kier alpha value is -2.24. The summed E-state index contributed by atoms with van der Waals surface area (Å²) in [6.45, 7) is 5.93. The van der Waals surface area contributed by atoms with Crippen molar-refractivity contribution in [2.24, 2.45) is 5.92 Å². The lowest BCUT2D eigenvalue weighted by atomic mass is 9.94. The van der Waals surface area contributed by atoms with Crippen LogP contribution in [0.1, 0.15) is 38.8 Å². The van der Waals surface area contributed by atoms with Crippen LogP contribution >= 0.6 is 11.8 Å². The quantitative estimate of drug-likeness (QED) is 0.753. The van der Waals surface area contributed by atoms with Gasteiger partial charge < -0.3 is 19.6 Å². The van der Waals surface area contributed by atoms with E-state index in [2.05, 4.69) is 11.4 Å². The number of carbonyl (C=O) groups excluding carboxylic acids is 2. The maximum atomic E-state index is 12.8. The Morgan fingerprint density at radius 3 is 2.71 bits per heavy atom. The van der Waals surface area contributed by atoms with Gasteiger partial charge in [-0.15, -0.1) is 11.8 Å². The Kier molecular flexibility index (Phi) is 7.33. The van der Waals surface area contributed by atoms with Crippen molar-refractivity contribution in [3.8, 4) is 17.6 Å². The number of fused-ring (bicyclic) bond motifs is 1. The molecule has 1 saturated heterocycles. The van der Waals surface area contributed by atoms with Crippen molar-refractivity contribution in [1.82, 2.24) is 10.2 Å². The zero-order chi connectivity index (χ0) is 20.9. The smallest absolute Gasteiger partial charge is 0.250 e. The number of rotatable bonds is 5. The molecule has 3 rings (SSSR count). The molecule has 8 heteroatoms. The number of ether oxygens (including phenoxy) is 2. The monoisotopic (exact) mass is 405 g/mol. The lowest BCUT2D eigenvalue weighted by molar-refractivity contribution is -0.126. The molecule has 0 spiro atoms. The number of nitrogens with zero attached hydrogens (tertiary/aromatic N) is 2. The summed E-state index contributed by atoms with van der Waals surface area (Å²) in [6.07, 6.45) is 1.15. The van der Waals surface area contributed by atoms with E-state index >= 15 is 0 Å². The predicted molar refractivity (Wildman–Crippen MR) is 108 cm³/mol. The fourth-order valence-electron chi connectivity index (χ4n) is 3.69. The van der Waals surface area contributed by atoms with Crippen LogP contribution in [0.15, 0.2) is 18.2 Å². The summed E-state index contributed by atoms with van der Waals surface area (Å²) in [6, 6.07) is 7.63. The van der Waals surface area contributed by atoms with Crippen LogP contribution in [-0.4, -0.2) is 48.1 Å². The van der Waals surface area contributed by atoms with Crippen molar-refractivity contribution in [2.75, 3.05) is 20.9 Å². The van der Waals surface area contributed by atoms with Crippen LogP contribution in [0, 0.1) is 17.2 Å². The highest BCUT2D eigenvalue weighted by atomic mass is 32.2. The van der Waals surface area contributed by atoms with Crippen LogP contribution in [0.25, 0.3) is 0 Å². The van der Waals surface area contributed by atoms with Gasteiger partial charge in [0.1, 0.15) is 11.2 Å². The highest BCUT2D eigenvalue weighted by molar-refractivity contribution is 8.02. The van der Waals surface area contributed by atoms with Crippen LogP contribution in [0.3, 0.4) is 0 Å². The molecule has 1 amide bonds. The Morgan fingerprint density at radius 2 is 2.11 bits per heavy atom. The Balaban J connectivity index is 0.00000136. The first-order valence-electron chi connectivity index (χ1n) is 9.34. The van der Waals surface area contributed by atoms with Crippen molar-refractivity contribution in [1.29, 1.82) is 5.26 Å². The second kappa shape index (κ2) is 9.30. The van der Waals surface area contributed by atoms with Crippen LogP contribution < -0.4 is 14.8 Å². The highest BCUT2D eigenvalue weighted by Gasteiger charge is 2.56. The number of carbonyl (C=O) groups is 2. The molecule has 1 aromatic rings. The zero-order valence-electron chi connectivity index (χ0n) is 16.9. The zero-order valence-corrected chi connectivity index (χ0v) is 17.7. The minimum absolute atomic E-state index is 0.176. The Labute approximate surface area is 170 Å². The lowest BCUT2D eigenvalue weighted by Crippen LogP contribution is -2.52. The van der Waals surface area contributed by atoms with E-state index in [0.29, 0.717) is 17.9 Å². The fourth-order valence-corrected chi connectivity index (χ4v) is 5.12. The maximum Gasteiger partial charge on any atom is 0.250 e. The summed E-state index contributed by atoms with van der Waals surface area (Å²) in [5.74, 6) is 0.703. The van der Waals surface area contributed by atoms with Crippen molar-refractivity contribution in [2.45, 2.75) is 43.4 Å². The molecule has 0 saturated carbocycles. The number of nitrogens with one attached hydrogen (secondary N) is 1. The molecule has 0 bridgehead atoms. The normalized spacial score (nSPS) is 26.6. The van der Waals surface area contributed by atoms with Gasteiger partial charge in [0.2, 0.25) is 6.79 Å². The Bertz CT molecular complexity index is 766. The first-order chi connectivity index (χ1) is 13.5. The minimum atomic E-state index is -0.990. The largest absolute Gasteiger partial charge is 0.454 e. The average molecular weight is 406 g/mol. The van der Waals surface area contributed by atoms with Gasteiger partial charge in [-0.05, 0) is 31.7 Å². The molecule has 4 unspecified atom stereocenters. The number of likely N-dealkylation sites (tertiary alicyclic amines) is 1. The first-order valence-corrected chi connectivity index (χ1v) is 10.2. The van der Waals surface area contributed by atoms with Crippen LogP contribution in [0.4, 0.5) is 0 Å². The van der Waals surface area contributed by atoms with E-state index in [1.54, 1.807) is 14.0 Å². The van der Waals surface area contributed by atoms with E-state index in [-0.39, 0.29) is 24.0 Å².